The maximum absolute atomic E-state index is 10.9. The number of carbonyl (C=O) groups excluding carboxylic acids is 1. The zero-order chi connectivity index (χ0) is 14.3. The molecular weight excluding hydrogens is 262 g/mol. The number of carbonyl (C=O) groups is 1. The Bertz CT molecular complexity index is 468. The van der Waals surface area contributed by atoms with Crippen LogP contribution in [0.1, 0.15) is 50.9 Å². The molecule has 5 heteroatoms. The molecule has 0 radical (unpaired) electrons. The third-order valence-corrected chi connectivity index (χ3v) is 4.46. The van der Waals surface area contributed by atoms with Gasteiger partial charge in [0.1, 0.15) is 0 Å². The summed E-state index contributed by atoms with van der Waals surface area (Å²) in [4.78, 5) is 13.4. The third kappa shape index (κ3) is 2.84. The van der Waals surface area contributed by atoms with Crippen LogP contribution in [0.25, 0.3) is 0 Å². The maximum atomic E-state index is 10.9. The smallest absolute Gasteiger partial charge is 0.161 e. The van der Waals surface area contributed by atoms with E-state index in [1.54, 1.807) is 6.20 Å². The third-order valence-electron chi connectivity index (χ3n) is 4.16. The molecule has 2 rings (SSSR count). The van der Waals surface area contributed by atoms with E-state index < -0.39 is 0 Å². The van der Waals surface area contributed by atoms with Crippen LogP contribution >= 0.6 is 11.6 Å². The topological polar surface area (TPSA) is 38.1 Å². The molecule has 1 aliphatic rings. The predicted molar refractivity (Wildman–Crippen MR) is 76.8 cm³/mol. The number of piperidine rings is 1. The van der Waals surface area contributed by atoms with Crippen LogP contribution in [0.3, 0.4) is 0 Å². The molecule has 1 saturated heterocycles. The number of nitrogens with zero attached hydrogens (tertiary/aromatic N) is 3. The average Bonchev–Trinajstić information content (AvgIpc) is 2.70. The van der Waals surface area contributed by atoms with E-state index in [0.29, 0.717) is 10.7 Å². The van der Waals surface area contributed by atoms with Gasteiger partial charge in [0.05, 0.1) is 11.1 Å². The van der Waals surface area contributed by atoms with Crippen LogP contribution in [-0.4, -0.2) is 39.6 Å². The SMILES string of the molecule is CC(C)(C)N1CCC(C)(n2cc(C=O)c(Cl)n2)CC1. The Morgan fingerprint density at radius 1 is 1.37 bits per heavy atom. The fourth-order valence-corrected chi connectivity index (χ4v) is 2.78. The maximum Gasteiger partial charge on any atom is 0.161 e. The summed E-state index contributed by atoms with van der Waals surface area (Å²) >= 11 is 5.95. The first-order valence-electron chi connectivity index (χ1n) is 6.72. The van der Waals surface area contributed by atoms with E-state index in [2.05, 4.69) is 37.7 Å². The molecule has 1 aromatic heterocycles. The van der Waals surface area contributed by atoms with Gasteiger partial charge in [-0.3, -0.25) is 14.4 Å². The number of hydrogen-bond donors (Lipinski definition) is 0. The van der Waals surface area contributed by atoms with Crippen molar-refractivity contribution in [1.29, 1.82) is 0 Å². The molecule has 1 fully saturated rings. The van der Waals surface area contributed by atoms with Crippen molar-refractivity contribution in [3.63, 3.8) is 0 Å². The fourth-order valence-electron chi connectivity index (χ4n) is 2.61. The van der Waals surface area contributed by atoms with Crippen LogP contribution in [0, 0.1) is 0 Å². The quantitative estimate of drug-likeness (QED) is 0.783. The van der Waals surface area contributed by atoms with Crippen molar-refractivity contribution in [1.82, 2.24) is 14.7 Å². The highest BCUT2D eigenvalue weighted by Gasteiger charge is 2.36. The lowest BCUT2D eigenvalue weighted by molar-refractivity contribution is 0.0503. The van der Waals surface area contributed by atoms with Gasteiger partial charge in [-0.1, -0.05) is 11.6 Å². The van der Waals surface area contributed by atoms with E-state index >= 15 is 0 Å². The van der Waals surface area contributed by atoms with Crippen molar-refractivity contribution in [3.8, 4) is 0 Å². The molecule has 19 heavy (non-hydrogen) atoms. The summed E-state index contributed by atoms with van der Waals surface area (Å²) in [5.41, 5.74) is 0.630. The molecule has 1 aliphatic heterocycles. The van der Waals surface area contributed by atoms with Gasteiger partial charge in [0.15, 0.2) is 11.4 Å². The molecular formula is C14H22ClN3O. The van der Waals surface area contributed by atoms with Crippen LogP contribution in [0.4, 0.5) is 0 Å². The zero-order valence-electron chi connectivity index (χ0n) is 12.1. The monoisotopic (exact) mass is 283 g/mol. The lowest BCUT2D eigenvalue weighted by atomic mass is 9.87. The number of hydrogen-bond acceptors (Lipinski definition) is 3. The molecule has 4 nitrogen and oxygen atoms in total. The molecule has 0 N–H and O–H groups in total. The molecule has 1 aromatic rings. The largest absolute Gasteiger partial charge is 0.298 e. The molecule has 0 bridgehead atoms. The van der Waals surface area contributed by atoms with Gasteiger partial charge in [-0.05, 0) is 40.5 Å². The summed E-state index contributed by atoms with van der Waals surface area (Å²) in [6.07, 6.45) is 4.56. The van der Waals surface area contributed by atoms with E-state index in [0.717, 1.165) is 32.2 Å². The summed E-state index contributed by atoms with van der Waals surface area (Å²) in [5, 5.41) is 4.60. The number of aldehydes is 1. The van der Waals surface area contributed by atoms with E-state index in [-0.39, 0.29) is 11.1 Å². The van der Waals surface area contributed by atoms with Crippen molar-refractivity contribution in [2.45, 2.75) is 51.6 Å². The molecule has 0 aliphatic carbocycles. The highest BCUT2D eigenvalue weighted by molar-refractivity contribution is 6.31. The molecule has 0 amide bonds. The summed E-state index contributed by atoms with van der Waals surface area (Å²) in [6.45, 7) is 11.0. The van der Waals surface area contributed by atoms with Crippen molar-refractivity contribution in [2.24, 2.45) is 0 Å². The molecule has 106 valence electrons. The van der Waals surface area contributed by atoms with Gasteiger partial charge in [-0.25, -0.2) is 0 Å². The second-order valence-electron chi connectivity index (χ2n) is 6.59. The fraction of sp³-hybridized carbons (Fsp3) is 0.714. The highest BCUT2D eigenvalue weighted by Crippen LogP contribution is 2.33. The van der Waals surface area contributed by atoms with E-state index in [1.165, 1.54) is 0 Å². The van der Waals surface area contributed by atoms with Gasteiger partial charge >= 0.3 is 0 Å². The van der Waals surface area contributed by atoms with Crippen LogP contribution in [-0.2, 0) is 5.54 Å². The van der Waals surface area contributed by atoms with Crippen molar-refractivity contribution < 1.29 is 4.79 Å². The van der Waals surface area contributed by atoms with Crippen LogP contribution in [0.5, 0.6) is 0 Å². The second kappa shape index (κ2) is 4.91. The van der Waals surface area contributed by atoms with Crippen LogP contribution < -0.4 is 0 Å². The van der Waals surface area contributed by atoms with Crippen LogP contribution in [0.15, 0.2) is 6.20 Å². The molecule has 0 spiro atoms. The number of halogens is 1. The first-order valence-corrected chi connectivity index (χ1v) is 7.10. The standard InChI is InChI=1S/C14H22ClN3O/c1-13(2,3)17-7-5-14(4,6-8-17)18-9-11(10-19)12(15)16-18/h9-10H,5-8H2,1-4H3. The molecule has 0 unspecified atom stereocenters. The minimum Gasteiger partial charge on any atom is -0.298 e. The van der Waals surface area contributed by atoms with Gasteiger partial charge in [-0.2, -0.15) is 5.10 Å². The van der Waals surface area contributed by atoms with Gasteiger partial charge in [0.2, 0.25) is 0 Å². The number of aromatic nitrogens is 2. The highest BCUT2D eigenvalue weighted by atomic mass is 35.5. The molecule has 0 aromatic carbocycles. The summed E-state index contributed by atoms with van der Waals surface area (Å²) in [6, 6.07) is 0. The number of likely N-dealkylation sites (tertiary alicyclic amines) is 1. The van der Waals surface area contributed by atoms with E-state index in [9.17, 15) is 4.79 Å². The van der Waals surface area contributed by atoms with Gasteiger partial charge in [0.25, 0.3) is 0 Å². The first kappa shape index (κ1) is 14.5. The average molecular weight is 284 g/mol. The zero-order valence-corrected chi connectivity index (χ0v) is 12.9. The summed E-state index contributed by atoms with van der Waals surface area (Å²) in [5.74, 6) is 0. The van der Waals surface area contributed by atoms with Crippen LogP contribution in [0.2, 0.25) is 5.15 Å². The van der Waals surface area contributed by atoms with Gasteiger partial charge in [-0.15, -0.1) is 0 Å². The van der Waals surface area contributed by atoms with Crippen molar-refractivity contribution >= 4 is 17.9 Å². The lowest BCUT2D eigenvalue weighted by Crippen LogP contribution is -2.51. The Morgan fingerprint density at radius 3 is 2.37 bits per heavy atom. The molecule has 0 saturated carbocycles. The van der Waals surface area contributed by atoms with Gasteiger partial charge < -0.3 is 0 Å². The molecule has 0 atom stereocenters. The minimum atomic E-state index is -0.0490. The van der Waals surface area contributed by atoms with E-state index in [1.807, 2.05) is 4.68 Å². The Kier molecular flexibility index (Phi) is 3.76. The Balaban J connectivity index is 2.15. The van der Waals surface area contributed by atoms with Gasteiger partial charge in [0, 0.05) is 24.8 Å². The lowest BCUT2D eigenvalue weighted by Gasteiger charge is -2.45. The second-order valence-corrected chi connectivity index (χ2v) is 6.95. The predicted octanol–water partition coefficient (Wildman–Crippen LogP) is 2.96. The number of rotatable bonds is 2. The van der Waals surface area contributed by atoms with Crippen molar-refractivity contribution in [3.05, 3.63) is 16.9 Å². The van der Waals surface area contributed by atoms with E-state index in [4.69, 9.17) is 11.6 Å². The summed E-state index contributed by atoms with van der Waals surface area (Å²) in [7, 11) is 0. The summed E-state index contributed by atoms with van der Waals surface area (Å²) < 4.78 is 1.87. The normalized spacial score (nSPS) is 20.5. The Hall–Kier alpha value is -0.870. The first-order chi connectivity index (χ1) is 8.76. The Morgan fingerprint density at radius 2 is 1.95 bits per heavy atom. The minimum absolute atomic E-state index is 0.0490. The Labute approximate surface area is 119 Å². The van der Waals surface area contributed by atoms with Crippen molar-refractivity contribution in [2.75, 3.05) is 13.1 Å². The molecule has 2 heterocycles.